The number of methoxy groups -OCH3 is 1. The molecule has 0 spiro atoms. The van der Waals surface area contributed by atoms with Crippen LogP contribution in [-0.4, -0.2) is 36.3 Å². The lowest BCUT2D eigenvalue weighted by atomic mass is 9.78. The Morgan fingerprint density at radius 3 is 2.24 bits per heavy atom. The lowest BCUT2D eigenvalue weighted by Crippen LogP contribution is -2.41. The van der Waals surface area contributed by atoms with Crippen LogP contribution in [0.4, 0.5) is 5.69 Å². The number of rotatable bonds is 5. The van der Waals surface area contributed by atoms with Gasteiger partial charge in [0.1, 0.15) is 5.75 Å². The summed E-state index contributed by atoms with van der Waals surface area (Å²) in [5.74, 6) is -0.115. The van der Waals surface area contributed by atoms with E-state index in [4.69, 9.17) is 4.74 Å². The molecule has 3 amide bonds. The van der Waals surface area contributed by atoms with Crippen molar-refractivity contribution in [1.29, 1.82) is 0 Å². The molecule has 1 aliphatic carbocycles. The zero-order valence-electron chi connectivity index (χ0n) is 16.4. The Hall–Kier alpha value is -3.15. The number of hydrogen-bond donors (Lipinski definition) is 1. The number of hydrogen-bond acceptors (Lipinski definition) is 4. The maximum Gasteiger partial charge on any atom is 0.261 e. The van der Waals surface area contributed by atoms with Crippen LogP contribution in [0.5, 0.6) is 5.75 Å². The third kappa shape index (κ3) is 3.75. The average molecular weight is 392 g/mol. The van der Waals surface area contributed by atoms with Gasteiger partial charge in [0.2, 0.25) is 5.91 Å². The number of carbonyl (C=O) groups is 3. The van der Waals surface area contributed by atoms with E-state index in [1.807, 2.05) is 0 Å². The van der Waals surface area contributed by atoms with Crippen LogP contribution in [0.3, 0.4) is 0 Å². The molecule has 0 saturated heterocycles. The first-order chi connectivity index (χ1) is 14.1. The number of nitrogens with zero attached hydrogens (tertiary/aromatic N) is 1. The highest BCUT2D eigenvalue weighted by Gasteiger charge is 2.40. The van der Waals surface area contributed by atoms with Crippen LogP contribution in [0.25, 0.3) is 0 Å². The highest BCUT2D eigenvalue weighted by Crippen LogP contribution is 2.34. The molecule has 2 aliphatic rings. The third-order valence-corrected chi connectivity index (χ3v) is 5.90. The van der Waals surface area contributed by atoms with Crippen LogP contribution in [0.1, 0.15) is 46.4 Å². The number of carbonyl (C=O) groups excluding carboxylic acids is 3. The molecule has 6 heteroatoms. The number of fused-ring (bicyclic) bond motifs is 1. The Bertz CT molecular complexity index is 903. The molecule has 1 saturated carbocycles. The van der Waals surface area contributed by atoms with Gasteiger partial charge in [0.05, 0.1) is 18.2 Å². The summed E-state index contributed by atoms with van der Waals surface area (Å²) in [5, 5.41) is 2.97. The van der Waals surface area contributed by atoms with Crippen molar-refractivity contribution in [3.8, 4) is 5.75 Å². The Balaban J connectivity index is 1.47. The number of amides is 3. The number of imide groups is 1. The van der Waals surface area contributed by atoms with Crippen LogP contribution < -0.4 is 10.1 Å². The predicted octanol–water partition coefficient (Wildman–Crippen LogP) is 3.74. The molecule has 2 atom stereocenters. The summed E-state index contributed by atoms with van der Waals surface area (Å²) in [7, 11) is 1.60. The number of anilines is 1. The molecule has 0 aromatic heterocycles. The van der Waals surface area contributed by atoms with E-state index in [9.17, 15) is 14.4 Å². The smallest absolute Gasteiger partial charge is 0.261 e. The number of nitrogens with one attached hydrogen (secondary N) is 1. The second-order valence-corrected chi connectivity index (χ2v) is 7.64. The molecular weight excluding hydrogens is 368 g/mol. The second kappa shape index (κ2) is 8.07. The van der Waals surface area contributed by atoms with Gasteiger partial charge in [0.25, 0.3) is 11.8 Å². The molecule has 0 bridgehead atoms. The van der Waals surface area contributed by atoms with E-state index < -0.39 is 0 Å². The highest BCUT2D eigenvalue weighted by atomic mass is 16.5. The lowest BCUT2D eigenvalue weighted by molar-refractivity contribution is -0.122. The molecule has 1 N–H and O–H groups in total. The van der Waals surface area contributed by atoms with Crippen LogP contribution >= 0.6 is 0 Å². The van der Waals surface area contributed by atoms with Gasteiger partial charge in [-0.25, -0.2) is 0 Å². The Morgan fingerprint density at radius 1 is 1.00 bits per heavy atom. The summed E-state index contributed by atoms with van der Waals surface area (Å²) in [6, 6.07) is 14.1. The van der Waals surface area contributed by atoms with Crippen molar-refractivity contribution in [2.45, 2.75) is 25.7 Å². The molecule has 0 radical (unpaired) electrons. The van der Waals surface area contributed by atoms with Crippen molar-refractivity contribution in [1.82, 2.24) is 4.90 Å². The molecule has 29 heavy (non-hydrogen) atoms. The molecule has 1 aliphatic heterocycles. The van der Waals surface area contributed by atoms with Gasteiger partial charge < -0.3 is 10.1 Å². The maximum atomic E-state index is 13.0. The monoisotopic (exact) mass is 392 g/mol. The first-order valence-corrected chi connectivity index (χ1v) is 9.98. The highest BCUT2D eigenvalue weighted by molar-refractivity contribution is 6.21. The van der Waals surface area contributed by atoms with Gasteiger partial charge in [-0.1, -0.05) is 25.0 Å². The first-order valence-electron chi connectivity index (χ1n) is 9.98. The van der Waals surface area contributed by atoms with Gasteiger partial charge in [-0.2, -0.15) is 0 Å². The molecule has 6 nitrogen and oxygen atoms in total. The van der Waals surface area contributed by atoms with E-state index in [2.05, 4.69) is 5.32 Å². The minimum Gasteiger partial charge on any atom is -0.497 e. The van der Waals surface area contributed by atoms with Gasteiger partial charge in [-0.05, 0) is 55.2 Å². The van der Waals surface area contributed by atoms with Crippen LogP contribution in [0.15, 0.2) is 48.5 Å². The van der Waals surface area contributed by atoms with Crippen molar-refractivity contribution in [3.05, 3.63) is 59.7 Å². The predicted molar refractivity (Wildman–Crippen MR) is 109 cm³/mol. The number of ether oxygens (including phenoxy) is 1. The van der Waals surface area contributed by atoms with E-state index in [-0.39, 0.29) is 36.1 Å². The van der Waals surface area contributed by atoms with E-state index in [0.717, 1.165) is 31.4 Å². The van der Waals surface area contributed by atoms with Gasteiger partial charge in [-0.3, -0.25) is 19.3 Å². The minimum absolute atomic E-state index is 0.0378. The first kappa shape index (κ1) is 19.2. The van der Waals surface area contributed by atoms with Gasteiger partial charge in [0, 0.05) is 18.2 Å². The molecule has 2 aromatic carbocycles. The normalized spacial score (nSPS) is 21.1. The molecule has 2 aromatic rings. The minimum atomic E-state index is -0.259. The fraction of sp³-hybridized carbons (Fsp3) is 0.348. The zero-order chi connectivity index (χ0) is 20.4. The second-order valence-electron chi connectivity index (χ2n) is 7.64. The van der Waals surface area contributed by atoms with Crippen LogP contribution in [-0.2, 0) is 4.79 Å². The van der Waals surface area contributed by atoms with Gasteiger partial charge in [-0.15, -0.1) is 0 Å². The summed E-state index contributed by atoms with van der Waals surface area (Å²) in [5.41, 5.74) is 1.61. The topological polar surface area (TPSA) is 75.7 Å². The molecule has 4 rings (SSSR count). The van der Waals surface area contributed by atoms with Crippen LogP contribution in [0.2, 0.25) is 0 Å². The summed E-state index contributed by atoms with van der Waals surface area (Å²) in [6.07, 6.45) is 3.56. The lowest BCUT2D eigenvalue weighted by Gasteiger charge is -2.32. The molecular formula is C23H24N2O4. The van der Waals surface area contributed by atoms with E-state index in [1.54, 1.807) is 55.6 Å². The SMILES string of the molecule is COc1ccc(NC(=O)C2CCCCC2CN2C(=O)c3ccccc3C2=O)cc1. The summed E-state index contributed by atoms with van der Waals surface area (Å²) < 4.78 is 5.15. The quantitative estimate of drug-likeness (QED) is 0.787. The standard InChI is InChI=1S/C23H24N2O4/c1-29-17-12-10-16(11-13-17)24-21(26)18-7-3-2-6-15(18)14-25-22(27)19-8-4-5-9-20(19)23(25)28/h4-5,8-13,15,18H,2-3,6-7,14H2,1H3,(H,24,26). The van der Waals surface area contributed by atoms with Gasteiger partial charge >= 0.3 is 0 Å². The average Bonchev–Trinajstić information content (AvgIpc) is 3.00. The Kier molecular flexibility index (Phi) is 5.34. The Morgan fingerprint density at radius 2 is 1.62 bits per heavy atom. The molecule has 1 heterocycles. The van der Waals surface area contributed by atoms with Crippen molar-refractivity contribution >= 4 is 23.4 Å². The largest absolute Gasteiger partial charge is 0.497 e. The molecule has 2 unspecified atom stereocenters. The van der Waals surface area contributed by atoms with Crippen molar-refractivity contribution in [2.24, 2.45) is 11.8 Å². The summed E-state index contributed by atoms with van der Waals surface area (Å²) in [4.78, 5) is 39.7. The molecule has 150 valence electrons. The summed E-state index contributed by atoms with van der Waals surface area (Å²) >= 11 is 0. The zero-order valence-corrected chi connectivity index (χ0v) is 16.4. The fourth-order valence-corrected chi connectivity index (χ4v) is 4.32. The van der Waals surface area contributed by atoms with Crippen LogP contribution in [0, 0.1) is 11.8 Å². The van der Waals surface area contributed by atoms with E-state index >= 15 is 0 Å². The van der Waals surface area contributed by atoms with Crippen molar-refractivity contribution in [3.63, 3.8) is 0 Å². The Labute approximate surface area is 169 Å². The maximum absolute atomic E-state index is 13.0. The van der Waals surface area contributed by atoms with Crippen molar-refractivity contribution < 1.29 is 19.1 Å². The fourth-order valence-electron chi connectivity index (χ4n) is 4.32. The van der Waals surface area contributed by atoms with E-state index in [0.29, 0.717) is 16.8 Å². The third-order valence-electron chi connectivity index (χ3n) is 5.90. The number of benzene rings is 2. The van der Waals surface area contributed by atoms with Crippen molar-refractivity contribution in [2.75, 3.05) is 19.0 Å². The molecule has 1 fully saturated rings. The summed E-state index contributed by atoms with van der Waals surface area (Å²) in [6.45, 7) is 0.285. The van der Waals surface area contributed by atoms with E-state index in [1.165, 1.54) is 4.90 Å². The van der Waals surface area contributed by atoms with Gasteiger partial charge in [0.15, 0.2) is 0 Å².